The van der Waals surface area contributed by atoms with Crippen molar-refractivity contribution in [3.63, 3.8) is 0 Å². The minimum absolute atomic E-state index is 0.0842. The summed E-state index contributed by atoms with van der Waals surface area (Å²) in [4.78, 5) is 11.2. The van der Waals surface area contributed by atoms with Gasteiger partial charge in [-0.3, -0.25) is 4.79 Å². The maximum Gasteiger partial charge on any atom is 0.259 e. The lowest BCUT2D eigenvalue weighted by Gasteiger charge is -2.11. The molecule has 0 bridgehead atoms. The molecule has 0 aliphatic heterocycles. The van der Waals surface area contributed by atoms with Gasteiger partial charge >= 0.3 is 0 Å². The van der Waals surface area contributed by atoms with Crippen molar-refractivity contribution in [1.82, 2.24) is 0 Å². The van der Waals surface area contributed by atoms with E-state index in [1.807, 2.05) is 12.1 Å². The van der Waals surface area contributed by atoms with E-state index in [1.165, 1.54) is 22.8 Å². The molecule has 24 heavy (non-hydrogen) atoms. The summed E-state index contributed by atoms with van der Waals surface area (Å²) in [6.07, 6.45) is 2.21. The highest BCUT2D eigenvalue weighted by Crippen LogP contribution is 2.25. The van der Waals surface area contributed by atoms with E-state index < -0.39 is 5.91 Å². The van der Waals surface area contributed by atoms with Crippen LogP contribution in [0.25, 0.3) is 6.08 Å². The van der Waals surface area contributed by atoms with Crippen LogP contribution in [0.5, 0.6) is 5.75 Å². The smallest absolute Gasteiger partial charge is 0.259 e. The third-order valence-corrected chi connectivity index (χ3v) is 3.68. The summed E-state index contributed by atoms with van der Waals surface area (Å²) >= 11 is 0. The molecule has 4 heteroatoms. The second kappa shape index (κ2) is 7.47. The topological polar surface area (TPSA) is 76.1 Å². The number of hydrogen-bond donors (Lipinski definition) is 1. The lowest BCUT2D eigenvalue weighted by Crippen LogP contribution is -2.12. The molecule has 2 aromatic carbocycles. The van der Waals surface area contributed by atoms with Crippen LogP contribution in [-0.4, -0.2) is 13.0 Å². The first kappa shape index (κ1) is 17.3. The monoisotopic (exact) mass is 320 g/mol. The van der Waals surface area contributed by atoms with Crippen LogP contribution >= 0.6 is 0 Å². The molecule has 2 rings (SSSR count). The quantitative estimate of drug-likeness (QED) is 0.678. The standard InChI is InChI=1S/C20H20N2O2/c1-13-6-14(2)8-16(7-13)10-17-5-4-15(11-19(17)24-3)9-18(12-21)20(22)23/h4-9,11H,10H2,1-3H3,(H2,22,23)/b18-9+. The number of amides is 1. The Hall–Kier alpha value is -3.06. The number of aryl methyl sites for hydroxylation is 2. The van der Waals surface area contributed by atoms with Gasteiger partial charge in [0.25, 0.3) is 5.91 Å². The average Bonchev–Trinajstić information content (AvgIpc) is 2.52. The SMILES string of the molecule is COc1cc(/C=C(\C#N)C(N)=O)ccc1Cc1cc(C)cc(C)c1. The fourth-order valence-corrected chi connectivity index (χ4v) is 2.71. The third-order valence-electron chi connectivity index (χ3n) is 3.68. The minimum atomic E-state index is -0.740. The van der Waals surface area contributed by atoms with Gasteiger partial charge in [0.05, 0.1) is 7.11 Å². The number of carbonyl (C=O) groups is 1. The highest BCUT2D eigenvalue weighted by atomic mass is 16.5. The molecule has 2 N–H and O–H groups in total. The number of methoxy groups -OCH3 is 1. The van der Waals surface area contributed by atoms with E-state index in [0.29, 0.717) is 11.3 Å². The largest absolute Gasteiger partial charge is 0.496 e. The van der Waals surface area contributed by atoms with Crippen molar-refractivity contribution < 1.29 is 9.53 Å². The molecule has 0 radical (unpaired) electrons. The van der Waals surface area contributed by atoms with Gasteiger partial charge in [0.2, 0.25) is 0 Å². The first-order valence-corrected chi connectivity index (χ1v) is 7.58. The first-order valence-electron chi connectivity index (χ1n) is 7.58. The van der Waals surface area contributed by atoms with Gasteiger partial charge < -0.3 is 10.5 Å². The van der Waals surface area contributed by atoms with E-state index in [0.717, 1.165) is 12.0 Å². The van der Waals surface area contributed by atoms with Gasteiger partial charge in [-0.05, 0) is 42.7 Å². The normalized spacial score (nSPS) is 11.0. The molecule has 0 aliphatic rings. The number of hydrogen-bond acceptors (Lipinski definition) is 3. The van der Waals surface area contributed by atoms with E-state index in [4.69, 9.17) is 15.7 Å². The summed E-state index contributed by atoms with van der Waals surface area (Å²) in [7, 11) is 1.60. The van der Waals surface area contributed by atoms with Crippen molar-refractivity contribution in [2.45, 2.75) is 20.3 Å². The number of ether oxygens (including phenoxy) is 1. The molecule has 0 atom stereocenters. The zero-order chi connectivity index (χ0) is 17.7. The predicted molar refractivity (Wildman–Crippen MR) is 94.5 cm³/mol. The number of nitrogens with zero attached hydrogens (tertiary/aromatic N) is 1. The first-order chi connectivity index (χ1) is 11.4. The van der Waals surface area contributed by atoms with Crippen LogP contribution in [0.3, 0.4) is 0 Å². The molecule has 2 aromatic rings. The lowest BCUT2D eigenvalue weighted by atomic mass is 9.98. The fraction of sp³-hybridized carbons (Fsp3) is 0.200. The van der Waals surface area contributed by atoms with Crippen molar-refractivity contribution in [3.8, 4) is 11.8 Å². The highest BCUT2D eigenvalue weighted by molar-refractivity contribution is 6.00. The summed E-state index contributed by atoms with van der Waals surface area (Å²) < 4.78 is 5.47. The number of nitriles is 1. The summed E-state index contributed by atoms with van der Waals surface area (Å²) in [6, 6.07) is 13.8. The van der Waals surface area contributed by atoms with E-state index in [1.54, 1.807) is 19.2 Å². The van der Waals surface area contributed by atoms with Gasteiger partial charge in [0.1, 0.15) is 17.4 Å². The van der Waals surface area contributed by atoms with Gasteiger partial charge in [-0.15, -0.1) is 0 Å². The zero-order valence-electron chi connectivity index (χ0n) is 14.1. The maximum atomic E-state index is 11.2. The van der Waals surface area contributed by atoms with Crippen LogP contribution < -0.4 is 10.5 Å². The third kappa shape index (κ3) is 4.23. The lowest BCUT2D eigenvalue weighted by molar-refractivity contribution is -0.114. The Balaban J connectivity index is 2.36. The van der Waals surface area contributed by atoms with E-state index in [2.05, 4.69) is 32.0 Å². The Morgan fingerprint density at radius 1 is 1.21 bits per heavy atom. The zero-order valence-corrected chi connectivity index (χ0v) is 14.1. The van der Waals surface area contributed by atoms with Crippen molar-refractivity contribution in [3.05, 3.63) is 69.8 Å². The van der Waals surface area contributed by atoms with Crippen LogP contribution in [0.4, 0.5) is 0 Å². The van der Waals surface area contributed by atoms with Crippen LogP contribution in [0.15, 0.2) is 42.0 Å². The Kier molecular flexibility index (Phi) is 5.39. The van der Waals surface area contributed by atoms with Crippen molar-refractivity contribution in [2.24, 2.45) is 5.73 Å². The molecule has 1 amide bonds. The van der Waals surface area contributed by atoms with E-state index >= 15 is 0 Å². The molecule has 0 heterocycles. The summed E-state index contributed by atoms with van der Waals surface area (Å²) in [5.41, 5.74) is 10.5. The maximum absolute atomic E-state index is 11.2. The minimum Gasteiger partial charge on any atom is -0.496 e. The van der Waals surface area contributed by atoms with Crippen LogP contribution in [0.1, 0.15) is 27.8 Å². The molecule has 0 unspecified atom stereocenters. The molecular weight excluding hydrogens is 300 g/mol. The molecule has 0 saturated heterocycles. The second-order valence-electron chi connectivity index (χ2n) is 5.78. The summed E-state index contributed by atoms with van der Waals surface area (Å²) in [5, 5.41) is 8.94. The number of primary amides is 1. The molecule has 0 spiro atoms. The van der Waals surface area contributed by atoms with E-state index in [-0.39, 0.29) is 5.57 Å². The van der Waals surface area contributed by atoms with Gasteiger partial charge in [-0.2, -0.15) is 5.26 Å². The van der Waals surface area contributed by atoms with Gasteiger partial charge in [-0.1, -0.05) is 41.5 Å². The molecule has 4 nitrogen and oxygen atoms in total. The predicted octanol–water partition coefficient (Wildman–Crippen LogP) is 3.30. The molecule has 0 saturated carbocycles. The Labute approximate surface area is 142 Å². The van der Waals surface area contributed by atoms with Gasteiger partial charge in [0.15, 0.2) is 0 Å². The number of rotatable bonds is 5. The van der Waals surface area contributed by atoms with E-state index in [9.17, 15) is 4.79 Å². The molecular formula is C20H20N2O2. The van der Waals surface area contributed by atoms with Gasteiger partial charge in [-0.25, -0.2) is 0 Å². The number of carbonyl (C=O) groups excluding carboxylic acids is 1. The van der Waals surface area contributed by atoms with Gasteiger partial charge in [0, 0.05) is 6.42 Å². The van der Waals surface area contributed by atoms with Crippen molar-refractivity contribution in [1.29, 1.82) is 5.26 Å². The Morgan fingerprint density at radius 3 is 2.42 bits per heavy atom. The number of nitrogens with two attached hydrogens (primary N) is 1. The van der Waals surface area contributed by atoms with Crippen LogP contribution in [0.2, 0.25) is 0 Å². The molecule has 0 aromatic heterocycles. The second-order valence-corrected chi connectivity index (χ2v) is 5.78. The van der Waals surface area contributed by atoms with Crippen LogP contribution in [0, 0.1) is 25.2 Å². The summed E-state index contributed by atoms with van der Waals surface area (Å²) in [5.74, 6) is -0.0274. The highest BCUT2D eigenvalue weighted by Gasteiger charge is 2.08. The average molecular weight is 320 g/mol. The molecule has 0 aliphatic carbocycles. The van der Waals surface area contributed by atoms with Crippen molar-refractivity contribution >= 4 is 12.0 Å². The number of benzene rings is 2. The Morgan fingerprint density at radius 2 is 1.88 bits per heavy atom. The van der Waals surface area contributed by atoms with Crippen LogP contribution in [-0.2, 0) is 11.2 Å². The summed E-state index contributed by atoms with van der Waals surface area (Å²) in [6.45, 7) is 4.16. The Bertz CT molecular complexity index is 825. The van der Waals surface area contributed by atoms with Crippen molar-refractivity contribution in [2.75, 3.05) is 7.11 Å². The fourth-order valence-electron chi connectivity index (χ4n) is 2.71. The molecule has 0 fully saturated rings. The molecule has 122 valence electrons.